The van der Waals surface area contributed by atoms with Crippen molar-refractivity contribution in [2.75, 3.05) is 7.11 Å². The van der Waals surface area contributed by atoms with Crippen molar-refractivity contribution in [1.29, 1.82) is 0 Å². The van der Waals surface area contributed by atoms with Crippen molar-refractivity contribution in [3.05, 3.63) is 57.8 Å². The van der Waals surface area contributed by atoms with Crippen LogP contribution in [0.1, 0.15) is 21.6 Å². The number of benzene rings is 1. The highest BCUT2D eigenvalue weighted by Crippen LogP contribution is 2.23. The van der Waals surface area contributed by atoms with Crippen LogP contribution in [0.4, 0.5) is 0 Å². The molecule has 98 valence electrons. The topological polar surface area (TPSA) is 39.2 Å². The maximum atomic E-state index is 12.2. The highest BCUT2D eigenvalue weighted by atomic mass is 79.9. The number of ether oxygens (including phenoxy) is 1. The number of carbonyl (C=O) groups excluding carboxylic acids is 1. The molecule has 2 aromatic rings. The standard InChI is InChI=1S/C15H14BrNO2/c1-10-7-11(5-6-17-10)15(18)9-12-8-13(19-2)3-4-14(12)16/h3-8H,9H2,1-2H3. The molecule has 0 aliphatic heterocycles. The van der Waals surface area contributed by atoms with Gasteiger partial charge in [-0.3, -0.25) is 9.78 Å². The molecule has 0 radical (unpaired) electrons. The first-order chi connectivity index (χ1) is 9.10. The van der Waals surface area contributed by atoms with Gasteiger partial charge in [-0.25, -0.2) is 0 Å². The predicted octanol–water partition coefficient (Wildman–Crippen LogP) is 3.59. The van der Waals surface area contributed by atoms with Gasteiger partial charge >= 0.3 is 0 Å². The Hall–Kier alpha value is -1.68. The fourth-order valence-corrected chi connectivity index (χ4v) is 2.19. The molecule has 19 heavy (non-hydrogen) atoms. The van der Waals surface area contributed by atoms with E-state index in [9.17, 15) is 4.79 Å². The van der Waals surface area contributed by atoms with Crippen LogP contribution in [0.2, 0.25) is 0 Å². The van der Waals surface area contributed by atoms with Crippen molar-refractivity contribution >= 4 is 21.7 Å². The summed E-state index contributed by atoms with van der Waals surface area (Å²) in [7, 11) is 1.61. The van der Waals surface area contributed by atoms with Crippen LogP contribution in [0, 0.1) is 6.92 Å². The summed E-state index contributed by atoms with van der Waals surface area (Å²) in [5.41, 5.74) is 2.44. The molecule has 3 nitrogen and oxygen atoms in total. The third-order valence-electron chi connectivity index (χ3n) is 2.82. The lowest BCUT2D eigenvalue weighted by Crippen LogP contribution is -2.05. The van der Waals surface area contributed by atoms with Crippen molar-refractivity contribution in [3.8, 4) is 5.75 Å². The minimum Gasteiger partial charge on any atom is -0.497 e. The molecule has 1 aromatic heterocycles. The van der Waals surface area contributed by atoms with E-state index in [4.69, 9.17) is 4.74 Å². The van der Waals surface area contributed by atoms with Crippen molar-refractivity contribution in [1.82, 2.24) is 4.98 Å². The normalized spacial score (nSPS) is 10.3. The molecule has 0 saturated carbocycles. The summed E-state index contributed by atoms with van der Waals surface area (Å²) >= 11 is 3.46. The number of nitrogens with zero attached hydrogens (tertiary/aromatic N) is 1. The van der Waals surface area contributed by atoms with Gasteiger partial charge in [0, 0.05) is 28.3 Å². The first-order valence-corrected chi connectivity index (χ1v) is 6.67. The number of hydrogen-bond donors (Lipinski definition) is 0. The number of Topliss-reactive ketones (excluding diaryl/α,β-unsaturated/α-hetero) is 1. The molecule has 0 fully saturated rings. The van der Waals surface area contributed by atoms with Crippen LogP contribution in [0.25, 0.3) is 0 Å². The van der Waals surface area contributed by atoms with E-state index in [1.165, 1.54) is 0 Å². The molecule has 4 heteroatoms. The van der Waals surface area contributed by atoms with Crippen molar-refractivity contribution in [3.63, 3.8) is 0 Å². The summed E-state index contributed by atoms with van der Waals surface area (Å²) in [6, 6.07) is 9.16. The summed E-state index contributed by atoms with van der Waals surface area (Å²) in [6.07, 6.45) is 1.99. The fraction of sp³-hybridized carbons (Fsp3) is 0.200. The number of hydrogen-bond acceptors (Lipinski definition) is 3. The second-order valence-corrected chi connectivity index (χ2v) is 5.10. The van der Waals surface area contributed by atoms with Crippen LogP contribution < -0.4 is 4.74 Å². The number of pyridine rings is 1. The zero-order valence-electron chi connectivity index (χ0n) is 10.8. The second-order valence-electron chi connectivity index (χ2n) is 4.24. The van der Waals surface area contributed by atoms with E-state index < -0.39 is 0 Å². The Labute approximate surface area is 120 Å². The van der Waals surface area contributed by atoms with E-state index in [2.05, 4.69) is 20.9 Å². The van der Waals surface area contributed by atoms with Crippen LogP contribution in [-0.2, 0) is 6.42 Å². The smallest absolute Gasteiger partial charge is 0.167 e. The Morgan fingerprint density at radius 2 is 2.11 bits per heavy atom. The average Bonchev–Trinajstić information content (AvgIpc) is 2.41. The molecule has 0 bridgehead atoms. The van der Waals surface area contributed by atoms with Gasteiger partial charge in [-0.15, -0.1) is 0 Å². The Balaban J connectivity index is 2.23. The molecule has 0 unspecified atom stereocenters. The summed E-state index contributed by atoms with van der Waals surface area (Å²) in [5, 5.41) is 0. The predicted molar refractivity (Wildman–Crippen MR) is 77.7 cm³/mol. The molecular formula is C15H14BrNO2. The summed E-state index contributed by atoms with van der Waals surface area (Å²) in [6.45, 7) is 1.87. The van der Waals surface area contributed by atoms with Crippen LogP contribution in [0.5, 0.6) is 5.75 Å². The zero-order valence-corrected chi connectivity index (χ0v) is 12.4. The van der Waals surface area contributed by atoms with Crippen molar-refractivity contribution < 1.29 is 9.53 Å². The monoisotopic (exact) mass is 319 g/mol. The van der Waals surface area contributed by atoms with Gasteiger partial charge in [-0.1, -0.05) is 15.9 Å². The number of rotatable bonds is 4. The largest absolute Gasteiger partial charge is 0.497 e. The van der Waals surface area contributed by atoms with Crippen molar-refractivity contribution in [2.24, 2.45) is 0 Å². The Kier molecular flexibility index (Phi) is 4.32. The summed E-state index contributed by atoms with van der Waals surface area (Å²) < 4.78 is 6.08. The molecule has 1 aromatic carbocycles. The van der Waals surface area contributed by atoms with E-state index in [0.29, 0.717) is 12.0 Å². The lowest BCUT2D eigenvalue weighted by atomic mass is 10.0. The molecule has 0 spiro atoms. The molecule has 0 saturated heterocycles. The van der Waals surface area contributed by atoms with E-state index in [-0.39, 0.29) is 5.78 Å². The number of aryl methyl sites for hydroxylation is 1. The first-order valence-electron chi connectivity index (χ1n) is 5.88. The minimum atomic E-state index is 0.0689. The van der Waals surface area contributed by atoms with E-state index in [1.807, 2.05) is 25.1 Å². The van der Waals surface area contributed by atoms with Gasteiger partial charge in [-0.05, 0) is 42.8 Å². The van der Waals surface area contributed by atoms with Gasteiger partial charge in [0.1, 0.15) is 5.75 Å². The maximum absolute atomic E-state index is 12.2. The molecule has 0 N–H and O–H groups in total. The third kappa shape index (κ3) is 3.41. The fourth-order valence-electron chi connectivity index (χ4n) is 1.81. The number of halogens is 1. The quantitative estimate of drug-likeness (QED) is 0.808. The molecule has 0 atom stereocenters. The first kappa shape index (κ1) is 13.7. The molecule has 0 aliphatic carbocycles. The van der Waals surface area contributed by atoms with Gasteiger partial charge in [-0.2, -0.15) is 0 Å². The lowest BCUT2D eigenvalue weighted by molar-refractivity contribution is 0.0992. The second kappa shape index (κ2) is 5.97. The lowest BCUT2D eigenvalue weighted by Gasteiger charge is -2.07. The highest BCUT2D eigenvalue weighted by molar-refractivity contribution is 9.10. The third-order valence-corrected chi connectivity index (χ3v) is 3.60. The molecular weight excluding hydrogens is 306 g/mol. The zero-order chi connectivity index (χ0) is 13.8. The molecule has 2 rings (SSSR count). The van der Waals surface area contributed by atoms with Crippen molar-refractivity contribution in [2.45, 2.75) is 13.3 Å². The number of aromatic nitrogens is 1. The molecule has 0 amide bonds. The van der Waals surface area contributed by atoms with Crippen LogP contribution in [-0.4, -0.2) is 17.9 Å². The summed E-state index contributed by atoms with van der Waals surface area (Å²) in [5.74, 6) is 0.816. The van der Waals surface area contributed by atoms with E-state index in [0.717, 1.165) is 21.5 Å². The maximum Gasteiger partial charge on any atom is 0.167 e. The van der Waals surface area contributed by atoms with E-state index >= 15 is 0 Å². The average molecular weight is 320 g/mol. The highest BCUT2D eigenvalue weighted by Gasteiger charge is 2.10. The SMILES string of the molecule is COc1ccc(Br)c(CC(=O)c2ccnc(C)c2)c1. The summed E-state index contributed by atoms with van der Waals surface area (Å²) in [4.78, 5) is 16.3. The van der Waals surface area contributed by atoms with Gasteiger partial charge in [0.15, 0.2) is 5.78 Å². The van der Waals surface area contributed by atoms with Gasteiger partial charge in [0.05, 0.1) is 7.11 Å². The molecule has 0 aliphatic rings. The minimum absolute atomic E-state index is 0.0689. The Morgan fingerprint density at radius 1 is 1.32 bits per heavy atom. The number of methoxy groups -OCH3 is 1. The molecule has 1 heterocycles. The van der Waals surface area contributed by atoms with Crippen LogP contribution in [0.15, 0.2) is 41.0 Å². The Bertz CT molecular complexity index is 611. The van der Waals surface area contributed by atoms with Gasteiger partial charge in [0.25, 0.3) is 0 Å². The van der Waals surface area contributed by atoms with E-state index in [1.54, 1.807) is 25.4 Å². The van der Waals surface area contributed by atoms with Gasteiger partial charge in [0.2, 0.25) is 0 Å². The van der Waals surface area contributed by atoms with Gasteiger partial charge < -0.3 is 4.74 Å². The number of ketones is 1. The number of carbonyl (C=O) groups is 1. The van der Waals surface area contributed by atoms with Crippen LogP contribution in [0.3, 0.4) is 0 Å². The van der Waals surface area contributed by atoms with Crippen LogP contribution >= 0.6 is 15.9 Å². The Morgan fingerprint density at radius 3 is 2.79 bits per heavy atom.